The fourth-order valence-electron chi connectivity index (χ4n) is 4.01. The number of fused-ring (bicyclic) bond motifs is 3. The molecule has 5 rings (SSSR count). The zero-order valence-electron chi connectivity index (χ0n) is 16.2. The van der Waals surface area contributed by atoms with Gasteiger partial charge in [-0.2, -0.15) is 9.61 Å². The molecule has 150 valence electrons. The van der Waals surface area contributed by atoms with Crippen LogP contribution < -0.4 is 15.4 Å². The standard InChI is InChI=1S/C19H21ClN8O/c1-26-10-13(8-22-26)27-5-3-4-11(9-27)17-24-18-14-6-12(20)7-15(29-2)16(14)23-19(21)28(18)25-17/h6-8,10-11H,3-5,9H2,1-2H3,(H2,21,23)/t11-/m1/s1. The van der Waals surface area contributed by atoms with E-state index in [0.717, 1.165) is 42.8 Å². The minimum absolute atomic E-state index is 0.194. The predicted octanol–water partition coefficient (Wildman–Crippen LogP) is 2.64. The van der Waals surface area contributed by atoms with Gasteiger partial charge in [0.25, 0.3) is 0 Å². The SMILES string of the molecule is COc1cc(Cl)cc2c1nc(N)n1nc([C@@H]3CCCN(c4cnn(C)c4)C3)nc21. The lowest BCUT2D eigenvalue weighted by molar-refractivity contribution is 0.419. The van der Waals surface area contributed by atoms with E-state index in [1.165, 1.54) is 0 Å². The maximum Gasteiger partial charge on any atom is 0.223 e. The van der Waals surface area contributed by atoms with E-state index in [1.54, 1.807) is 17.7 Å². The number of nitrogen functional groups attached to an aromatic ring is 1. The summed E-state index contributed by atoms with van der Waals surface area (Å²) in [6, 6.07) is 3.54. The van der Waals surface area contributed by atoms with E-state index in [0.29, 0.717) is 21.9 Å². The third-order valence-corrected chi connectivity index (χ3v) is 5.63. The second-order valence-electron chi connectivity index (χ2n) is 7.34. The van der Waals surface area contributed by atoms with Gasteiger partial charge in [0.2, 0.25) is 5.95 Å². The van der Waals surface area contributed by atoms with Crippen LogP contribution in [0.15, 0.2) is 24.5 Å². The summed E-state index contributed by atoms with van der Waals surface area (Å²) < 4.78 is 8.84. The van der Waals surface area contributed by atoms with Crippen LogP contribution in [0, 0.1) is 0 Å². The van der Waals surface area contributed by atoms with Gasteiger partial charge in [0.15, 0.2) is 11.5 Å². The maximum atomic E-state index is 6.28. The number of nitrogens with two attached hydrogens (primary N) is 1. The second kappa shape index (κ2) is 6.77. The Labute approximate surface area is 172 Å². The van der Waals surface area contributed by atoms with Crippen LogP contribution in [-0.4, -0.2) is 49.6 Å². The van der Waals surface area contributed by atoms with Gasteiger partial charge in [0.05, 0.1) is 24.4 Å². The summed E-state index contributed by atoms with van der Waals surface area (Å²) in [5.74, 6) is 1.79. The van der Waals surface area contributed by atoms with Crippen LogP contribution in [0.5, 0.6) is 5.75 Å². The van der Waals surface area contributed by atoms with E-state index >= 15 is 0 Å². The first-order chi connectivity index (χ1) is 14.0. The monoisotopic (exact) mass is 412 g/mol. The molecule has 1 atom stereocenters. The lowest BCUT2D eigenvalue weighted by Crippen LogP contribution is -2.34. The van der Waals surface area contributed by atoms with Gasteiger partial charge >= 0.3 is 0 Å². The van der Waals surface area contributed by atoms with E-state index in [2.05, 4.69) is 15.0 Å². The Kier molecular flexibility index (Phi) is 4.20. The van der Waals surface area contributed by atoms with Gasteiger partial charge in [0, 0.05) is 43.3 Å². The summed E-state index contributed by atoms with van der Waals surface area (Å²) in [6.45, 7) is 1.83. The topological polar surface area (TPSA) is 99.4 Å². The molecule has 0 amide bonds. The fraction of sp³-hybridized carbons (Fsp3) is 0.368. The van der Waals surface area contributed by atoms with Gasteiger partial charge in [-0.15, -0.1) is 5.10 Å². The highest BCUT2D eigenvalue weighted by molar-refractivity contribution is 6.31. The second-order valence-corrected chi connectivity index (χ2v) is 7.77. The average Bonchev–Trinajstić information content (AvgIpc) is 3.36. The van der Waals surface area contributed by atoms with Crippen molar-refractivity contribution in [2.75, 3.05) is 30.8 Å². The molecule has 9 nitrogen and oxygen atoms in total. The zero-order valence-corrected chi connectivity index (χ0v) is 17.0. The van der Waals surface area contributed by atoms with Crippen LogP contribution in [0.4, 0.5) is 11.6 Å². The molecule has 1 saturated heterocycles. The third kappa shape index (κ3) is 3.02. The Hall–Kier alpha value is -3.07. The van der Waals surface area contributed by atoms with Crippen molar-refractivity contribution in [2.45, 2.75) is 18.8 Å². The number of hydrogen-bond donors (Lipinski definition) is 1. The van der Waals surface area contributed by atoms with E-state index in [-0.39, 0.29) is 11.9 Å². The molecule has 0 radical (unpaired) electrons. The maximum absolute atomic E-state index is 6.28. The molecule has 1 aliphatic rings. The number of hydrogen-bond acceptors (Lipinski definition) is 7. The van der Waals surface area contributed by atoms with Crippen molar-refractivity contribution in [1.29, 1.82) is 0 Å². The first-order valence-corrected chi connectivity index (χ1v) is 9.84. The molecular weight excluding hydrogens is 392 g/mol. The molecule has 10 heteroatoms. The predicted molar refractivity (Wildman–Crippen MR) is 112 cm³/mol. The average molecular weight is 413 g/mol. The number of methoxy groups -OCH3 is 1. The molecule has 3 aromatic heterocycles. The number of nitrogens with zero attached hydrogens (tertiary/aromatic N) is 7. The van der Waals surface area contributed by atoms with Crippen LogP contribution in [0.2, 0.25) is 5.02 Å². The Bertz CT molecular complexity index is 1220. The first-order valence-electron chi connectivity index (χ1n) is 9.46. The first kappa shape index (κ1) is 18.0. The van der Waals surface area contributed by atoms with Crippen molar-refractivity contribution in [3.05, 3.63) is 35.4 Å². The number of anilines is 2. The molecule has 2 N–H and O–H groups in total. The minimum Gasteiger partial charge on any atom is -0.494 e. The number of halogens is 1. The largest absolute Gasteiger partial charge is 0.494 e. The fourth-order valence-corrected chi connectivity index (χ4v) is 4.21. The number of aromatic nitrogens is 6. The summed E-state index contributed by atoms with van der Waals surface area (Å²) in [6.07, 6.45) is 6.00. The van der Waals surface area contributed by atoms with Crippen LogP contribution in [0.1, 0.15) is 24.6 Å². The summed E-state index contributed by atoms with van der Waals surface area (Å²) in [7, 11) is 3.51. The molecule has 0 spiro atoms. The van der Waals surface area contributed by atoms with Crippen molar-refractivity contribution in [3.8, 4) is 5.75 Å². The Morgan fingerprint density at radius 1 is 1.28 bits per heavy atom. The van der Waals surface area contributed by atoms with Gasteiger partial charge < -0.3 is 15.4 Å². The summed E-state index contributed by atoms with van der Waals surface area (Å²) in [5.41, 5.74) is 8.57. The Morgan fingerprint density at radius 2 is 2.14 bits per heavy atom. The summed E-state index contributed by atoms with van der Waals surface area (Å²) in [5, 5.41) is 10.3. The van der Waals surface area contributed by atoms with Gasteiger partial charge in [-0.25, -0.2) is 9.97 Å². The highest BCUT2D eigenvalue weighted by Gasteiger charge is 2.27. The number of aryl methyl sites for hydroxylation is 1. The molecule has 4 aromatic rings. The number of piperidine rings is 1. The van der Waals surface area contributed by atoms with E-state index < -0.39 is 0 Å². The normalized spacial score (nSPS) is 17.3. The Morgan fingerprint density at radius 3 is 2.90 bits per heavy atom. The third-order valence-electron chi connectivity index (χ3n) is 5.41. The van der Waals surface area contributed by atoms with Crippen molar-refractivity contribution < 1.29 is 4.74 Å². The van der Waals surface area contributed by atoms with Crippen molar-refractivity contribution in [3.63, 3.8) is 0 Å². The van der Waals surface area contributed by atoms with Crippen molar-refractivity contribution in [2.24, 2.45) is 7.05 Å². The van der Waals surface area contributed by atoms with Gasteiger partial charge in [-0.05, 0) is 18.9 Å². The van der Waals surface area contributed by atoms with Crippen molar-refractivity contribution in [1.82, 2.24) is 29.4 Å². The molecule has 1 aromatic carbocycles. The number of rotatable bonds is 3. The van der Waals surface area contributed by atoms with E-state index in [4.69, 9.17) is 32.2 Å². The highest BCUT2D eigenvalue weighted by Crippen LogP contribution is 2.33. The molecule has 0 unspecified atom stereocenters. The quantitative estimate of drug-likeness (QED) is 0.552. The highest BCUT2D eigenvalue weighted by atomic mass is 35.5. The molecule has 0 aliphatic carbocycles. The zero-order chi connectivity index (χ0) is 20.1. The molecule has 29 heavy (non-hydrogen) atoms. The van der Waals surface area contributed by atoms with Gasteiger partial charge in [-0.1, -0.05) is 11.6 Å². The molecule has 4 heterocycles. The molecule has 1 aliphatic heterocycles. The molecule has 0 bridgehead atoms. The van der Waals surface area contributed by atoms with Crippen LogP contribution in [0.3, 0.4) is 0 Å². The van der Waals surface area contributed by atoms with Gasteiger partial charge in [-0.3, -0.25) is 4.68 Å². The minimum atomic E-state index is 0.194. The number of ether oxygens (including phenoxy) is 1. The summed E-state index contributed by atoms with van der Waals surface area (Å²) >= 11 is 6.28. The molecule has 1 fully saturated rings. The lowest BCUT2D eigenvalue weighted by Gasteiger charge is -2.32. The van der Waals surface area contributed by atoms with Gasteiger partial charge in [0.1, 0.15) is 11.3 Å². The molecular formula is C19H21ClN8O. The molecule has 0 saturated carbocycles. The van der Waals surface area contributed by atoms with E-state index in [1.807, 2.05) is 30.2 Å². The lowest BCUT2D eigenvalue weighted by atomic mass is 9.97. The van der Waals surface area contributed by atoms with Crippen LogP contribution in [0.25, 0.3) is 16.6 Å². The smallest absolute Gasteiger partial charge is 0.223 e. The van der Waals surface area contributed by atoms with Crippen LogP contribution in [-0.2, 0) is 7.05 Å². The van der Waals surface area contributed by atoms with Crippen molar-refractivity contribution >= 4 is 39.8 Å². The summed E-state index contributed by atoms with van der Waals surface area (Å²) in [4.78, 5) is 11.6. The van der Waals surface area contributed by atoms with Crippen LogP contribution >= 0.6 is 11.6 Å². The number of benzene rings is 1. The van der Waals surface area contributed by atoms with E-state index in [9.17, 15) is 0 Å². The Balaban J connectivity index is 1.58.